The van der Waals surface area contributed by atoms with Crippen LogP contribution in [0.2, 0.25) is 0 Å². The van der Waals surface area contributed by atoms with Crippen molar-refractivity contribution in [1.29, 1.82) is 0 Å². The average molecular weight is 783 g/mol. The summed E-state index contributed by atoms with van der Waals surface area (Å²) >= 11 is 0. The van der Waals surface area contributed by atoms with Gasteiger partial charge in [-0.2, -0.15) is 0 Å². The van der Waals surface area contributed by atoms with E-state index in [2.05, 4.69) is 13.2 Å². The minimum atomic E-state index is -0.790. The van der Waals surface area contributed by atoms with Crippen molar-refractivity contribution in [1.82, 2.24) is 34.3 Å². The summed E-state index contributed by atoms with van der Waals surface area (Å²) in [5.41, 5.74) is 4.47. The highest BCUT2D eigenvalue weighted by molar-refractivity contribution is 5.92. The standard InChI is InChI=1S/C36H62N8O11/c1-11-13-15-41(21-28(37)45)32(49)22-38(6)29(46)25-42(17-19-53-9)33(50)23-39(7)30(47)26-43(18-20-54-10)34(51)24-40(8)31(48)27-44(16-14-12-2)35(52)55-36(3,4)5/h11-12H,1-2,13-27H2,3-10H3,(H2,37,45). The molecule has 8 amide bonds. The van der Waals surface area contributed by atoms with Crippen LogP contribution in [0.1, 0.15) is 33.6 Å². The number of nitrogens with zero attached hydrogens (tertiary/aromatic N) is 7. The van der Waals surface area contributed by atoms with Gasteiger partial charge in [0.1, 0.15) is 12.1 Å². The summed E-state index contributed by atoms with van der Waals surface area (Å²) in [7, 11) is 6.97. The van der Waals surface area contributed by atoms with Crippen molar-refractivity contribution in [2.45, 2.75) is 39.2 Å². The molecule has 0 aromatic heterocycles. The van der Waals surface area contributed by atoms with Gasteiger partial charge in [-0.15, -0.1) is 13.2 Å². The van der Waals surface area contributed by atoms with Gasteiger partial charge < -0.3 is 49.3 Å². The van der Waals surface area contributed by atoms with Crippen LogP contribution in [-0.4, -0.2) is 208 Å². The van der Waals surface area contributed by atoms with Crippen molar-refractivity contribution >= 4 is 47.4 Å². The molecule has 0 saturated heterocycles. The fourth-order valence-electron chi connectivity index (χ4n) is 4.55. The van der Waals surface area contributed by atoms with E-state index in [1.165, 1.54) is 55.0 Å². The average Bonchev–Trinajstić information content (AvgIpc) is 3.10. The van der Waals surface area contributed by atoms with Gasteiger partial charge in [0.25, 0.3) is 0 Å². The topological polar surface area (TPSA) is 213 Å². The Labute approximate surface area is 324 Å². The molecule has 0 aliphatic rings. The molecule has 0 saturated carbocycles. The third kappa shape index (κ3) is 20.9. The molecule has 2 N–H and O–H groups in total. The van der Waals surface area contributed by atoms with Gasteiger partial charge in [0.2, 0.25) is 41.4 Å². The lowest BCUT2D eigenvalue weighted by atomic mass is 10.2. The number of primary amides is 1. The minimum absolute atomic E-state index is 0.00175. The lowest BCUT2D eigenvalue weighted by molar-refractivity contribution is -0.147. The third-order valence-electron chi connectivity index (χ3n) is 7.77. The zero-order valence-corrected chi connectivity index (χ0v) is 33.9. The molecule has 0 aliphatic carbocycles. The van der Waals surface area contributed by atoms with E-state index in [1.54, 1.807) is 32.9 Å². The van der Waals surface area contributed by atoms with E-state index in [0.29, 0.717) is 12.8 Å². The van der Waals surface area contributed by atoms with Crippen LogP contribution >= 0.6 is 0 Å². The Morgan fingerprint density at radius 1 is 0.527 bits per heavy atom. The number of ether oxygens (including phenoxy) is 3. The maximum atomic E-state index is 13.4. The number of hydrogen-bond donors (Lipinski definition) is 1. The Bertz CT molecular complexity index is 1340. The first-order valence-electron chi connectivity index (χ1n) is 17.7. The van der Waals surface area contributed by atoms with Gasteiger partial charge in [-0.05, 0) is 33.6 Å². The molecule has 0 aliphatic heterocycles. The molecular weight excluding hydrogens is 720 g/mol. The smallest absolute Gasteiger partial charge is 0.410 e. The quantitative estimate of drug-likeness (QED) is 0.105. The summed E-state index contributed by atoms with van der Waals surface area (Å²) in [5, 5.41) is 0. The monoisotopic (exact) mass is 782 g/mol. The summed E-state index contributed by atoms with van der Waals surface area (Å²) in [6.45, 7) is 10.0. The normalized spacial score (nSPS) is 10.8. The molecule has 0 aromatic rings. The van der Waals surface area contributed by atoms with E-state index in [0.717, 1.165) is 14.7 Å². The first-order valence-corrected chi connectivity index (χ1v) is 17.7. The summed E-state index contributed by atoms with van der Waals surface area (Å²) < 4.78 is 15.6. The molecule has 312 valence electrons. The SMILES string of the molecule is C=CCCN(CC(N)=O)C(=O)CN(C)C(=O)CN(CCOC)C(=O)CN(C)C(=O)CN(CCOC)C(=O)CN(C)C(=O)CN(CCC=C)C(=O)OC(C)(C)C. The maximum absolute atomic E-state index is 13.4. The summed E-state index contributed by atoms with van der Waals surface area (Å²) in [5.74, 6) is -4.16. The predicted molar refractivity (Wildman–Crippen MR) is 203 cm³/mol. The van der Waals surface area contributed by atoms with Gasteiger partial charge in [-0.3, -0.25) is 38.5 Å². The minimum Gasteiger partial charge on any atom is -0.444 e. The molecule has 0 fully saturated rings. The Hall–Kier alpha value is -5.04. The van der Waals surface area contributed by atoms with Crippen molar-refractivity contribution in [3.05, 3.63) is 25.3 Å². The van der Waals surface area contributed by atoms with Crippen molar-refractivity contribution in [2.75, 3.05) is 121 Å². The Kier molecular flexibility index (Phi) is 23.5. The van der Waals surface area contributed by atoms with Crippen molar-refractivity contribution < 1.29 is 52.6 Å². The molecule has 0 atom stereocenters. The van der Waals surface area contributed by atoms with Crippen LogP contribution in [0.5, 0.6) is 0 Å². The van der Waals surface area contributed by atoms with Gasteiger partial charge in [-0.1, -0.05) is 12.2 Å². The second-order valence-electron chi connectivity index (χ2n) is 13.7. The number of rotatable bonds is 26. The first kappa shape index (κ1) is 50.0. The van der Waals surface area contributed by atoms with Crippen molar-refractivity contribution in [2.24, 2.45) is 5.73 Å². The number of hydrogen-bond acceptors (Lipinski definition) is 11. The fraction of sp³-hybridized carbons (Fsp3) is 0.667. The number of nitrogens with two attached hydrogens (primary N) is 1. The molecule has 0 radical (unpaired) electrons. The highest BCUT2D eigenvalue weighted by Crippen LogP contribution is 2.11. The van der Waals surface area contributed by atoms with E-state index >= 15 is 0 Å². The number of carbonyl (C=O) groups excluding carboxylic acids is 8. The van der Waals surface area contributed by atoms with Crippen LogP contribution in [-0.2, 0) is 47.8 Å². The first-order chi connectivity index (χ1) is 25.7. The molecule has 0 unspecified atom stereocenters. The molecule has 0 spiro atoms. The number of methoxy groups -OCH3 is 2. The number of likely N-dealkylation sites (N-methyl/N-ethyl adjacent to an activating group) is 3. The van der Waals surface area contributed by atoms with E-state index < -0.39 is 79.2 Å². The molecular formula is C36H62N8O11. The fourth-order valence-corrected chi connectivity index (χ4v) is 4.55. The van der Waals surface area contributed by atoms with Crippen molar-refractivity contribution in [3.63, 3.8) is 0 Å². The van der Waals surface area contributed by atoms with E-state index in [-0.39, 0.29) is 59.0 Å². The molecule has 19 nitrogen and oxygen atoms in total. The summed E-state index contributed by atoms with van der Waals surface area (Å²) in [6, 6.07) is 0. The lowest BCUT2D eigenvalue weighted by Gasteiger charge is -2.30. The molecule has 0 aromatic carbocycles. The molecule has 19 heteroatoms. The number of carbonyl (C=O) groups is 8. The Morgan fingerprint density at radius 3 is 1.16 bits per heavy atom. The number of amides is 8. The van der Waals surface area contributed by atoms with Crippen LogP contribution in [0.4, 0.5) is 4.79 Å². The Balaban J connectivity index is 5.64. The van der Waals surface area contributed by atoms with Gasteiger partial charge in [0.05, 0.1) is 52.5 Å². The summed E-state index contributed by atoms with van der Waals surface area (Å²) in [6.07, 6.45) is 3.30. The van der Waals surface area contributed by atoms with Crippen LogP contribution < -0.4 is 5.73 Å². The summed E-state index contributed by atoms with van der Waals surface area (Å²) in [4.78, 5) is 111. The Morgan fingerprint density at radius 2 is 0.855 bits per heavy atom. The predicted octanol–water partition coefficient (Wildman–Crippen LogP) is -0.985. The highest BCUT2D eigenvalue weighted by atomic mass is 16.6. The second-order valence-corrected chi connectivity index (χ2v) is 13.7. The molecule has 0 heterocycles. The van der Waals surface area contributed by atoms with Gasteiger partial charge in [0, 0.05) is 61.5 Å². The largest absolute Gasteiger partial charge is 0.444 e. The van der Waals surface area contributed by atoms with Crippen molar-refractivity contribution in [3.8, 4) is 0 Å². The van der Waals surface area contributed by atoms with Crippen LogP contribution in [0.25, 0.3) is 0 Å². The second kappa shape index (κ2) is 25.9. The van der Waals surface area contributed by atoms with Crippen LogP contribution in [0, 0.1) is 0 Å². The van der Waals surface area contributed by atoms with Gasteiger partial charge in [0.15, 0.2) is 0 Å². The van der Waals surface area contributed by atoms with E-state index in [9.17, 15) is 38.4 Å². The zero-order valence-electron chi connectivity index (χ0n) is 33.9. The third-order valence-corrected chi connectivity index (χ3v) is 7.77. The highest BCUT2D eigenvalue weighted by Gasteiger charge is 2.29. The van der Waals surface area contributed by atoms with Gasteiger partial charge >= 0.3 is 6.09 Å². The zero-order chi connectivity index (χ0) is 42.3. The van der Waals surface area contributed by atoms with Crippen LogP contribution in [0.15, 0.2) is 25.3 Å². The molecule has 0 rings (SSSR count). The van der Waals surface area contributed by atoms with E-state index in [1.807, 2.05) is 0 Å². The van der Waals surface area contributed by atoms with Gasteiger partial charge in [-0.25, -0.2) is 4.79 Å². The van der Waals surface area contributed by atoms with E-state index in [4.69, 9.17) is 19.9 Å². The maximum Gasteiger partial charge on any atom is 0.410 e. The van der Waals surface area contributed by atoms with Crippen LogP contribution in [0.3, 0.4) is 0 Å². The molecule has 55 heavy (non-hydrogen) atoms. The molecule has 0 bridgehead atoms. The lowest BCUT2D eigenvalue weighted by Crippen LogP contribution is -2.51.